The molecule has 1 saturated carbocycles. The number of rotatable bonds is 5. The second-order valence-electron chi connectivity index (χ2n) is 6.53. The van der Waals surface area contributed by atoms with Gasteiger partial charge in [0.2, 0.25) is 0 Å². The molecule has 2 rings (SSSR count). The Morgan fingerprint density at radius 2 is 1.82 bits per heavy atom. The number of amides is 2. The van der Waals surface area contributed by atoms with Gasteiger partial charge in [0.25, 0.3) is 0 Å². The molecule has 0 aliphatic heterocycles. The third kappa shape index (κ3) is 4.73. The third-order valence-electron chi connectivity index (χ3n) is 4.83. The highest BCUT2D eigenvalue weighted by molar-refractivity contribution is 5.74. The summed E-state index contributed by atoms with van der Waals surface area (Å²) < 4.78 is 0. The van der Waals surface area contributed by atoms with E-state index in [0.29, 0.717) is 5.92 Å². The zero-order valence-electron chi connectivity index (χ0n) is 13.6. The van der Waals surface area contributed by atoms with E-state index in [1.807, 2.05) is 13.8 Å². The van der Waals surface area contributed by atoms with Crippen molar-refractivity contribution in [3.63, 3.8) is 0 Å². The molecular formula is C18H28N2O2. The van der Waals surface area contributed by atoms with E-state index in [-0.39, 0.29) is 30.6 Å². The molecular weight excluding hydrogens is 276 g/mol. The maximum absolute atomic E-state index is 12.0. The van der Waals surface area contributed by atoms with Crippen molar-refractivity contribution in [2.45, 2.75) is 57.5 Å². The number of hydrogen-bond donors (Lipinski definition) is 3. The van der Waals surface area contributed by atoms with Crippen molar-refractivity contribution in [2.24, 2.45) is 5.92 Å². The predicted octanol–water partition coefficient (Wildman–Crippen LogP) is 3.03. The van der Waals surface area contributed by atoms with E-state index in [1.54, 1.807) is 0 Å². The lowest BCUT2D eigenvalue weighted by Gasteiger charge is -2.30. The average molecular weight is 304 g/mol. The predicted molar refractivity (Wildman–Crippen MR) is 88.8 cm³/mol. The molecule has 1 aliphatic carbocycles. The van der Waals surface area contributed by atoms with Gasteiger partial charge in [-0.3, -0.25) is 0 Å². The molecule has 0 aromatic heterocycles. The van der Waals surface area contributed by atoms with Crippen LogP contribution in [-0.4, -0.2) is 29.8 Å². The number of hydrogen-bond acceptors (Lipinski definition) is 2. The van der Waals surface area contributed by atoms with E-state index in [9.17, 15) is 4.79 Å². The Kier molecular flexibility index (Phi) is 6.25. The van der Waals surface area contributed by atoms with Crippen LogP contribution in [0.1, 0.15) is 51.0 Å². The van der Waals surface area contributed by atoms with E-state index >= 15 is 0 Å². The van der Waals surface area contributed by atoms with Crippen LogP contribution in [0.2, 0.25) is 0 Å². The van der Waals surface area contributed by atoms with Gasteiger partial charge in [0.05, 0.1) is 0 Å². The Labute approximate surface area is 133 Å². The summed E-state index contributed by atoms with van der Waals surface area (Å²) in [6.07, 6.45) is 4.29. The van der Waals surface area contributed by atoms with E-state index < -0.39 is 0 Å². The van der Waals surface area contributed by atoms with Crippen LogP contribution in [0.4, 0.5) is 4.79 Å². The monoisotopic (exact) mass is 304 g/mol. The minimum atomic E-state index is -0.115. The summed E-state index contributed by atoms with van der Waals surface area (Å²) in [5, 5.41) is 15.1. The first kappa shape index (κ1) is 16.8. The molecule has 2 unspecified atom stereocenters. The lowest BCUT2D eigenvalue weighted by Crippen LogP contribution is -2.48. The number of carbonyl (C=O) groups is 1. The molecule has 0 heterocycles. The Morgan fingerprint density at radius 1 is 1.18 bits per heavy atom. The number of aliphatic hydroxyl groups is 1. The van der Waals surface area contributed by atoms with E-state index in [2.05, 4.69) is 41.0 Å². The third-order valence-corrected chi connectivity index (χ3v) is 4.83. The van der Waals surface area contributed by atoms with Crippen LogP contribution in [0.5, 0.6) is 0 Å². The smallest absolute Gasteiger partial charge is 0.315 e. The summed E-state index contributed by atoms with van der Waals surface area (Å²) in [6.45, 7) is 3.94. The molecule has 3 N–H and O–H groups in total. The van der Waals surface area contributed by atoms with Gasteiger partial charge >= 0.3 is 6.03 Å². The normalized spacial score (nSPS) is 24.3. The number of benzene rings is 1. The van der Waals surface area contributed by atoms with Crippen LogP contribution < -0.4 is 10.6 Å². The highest BCUT2D eigenvalue weighted by Crippen LogP contribution is 2.32. The fourth-order valence-corrected chi connectivity index (χ4v) is 3.03. The largest absolute Gasteiger partial charge is 0.396 e. The molecule has 0 spiro atoms. The van der Waals surface area contributed by atoms with Gasteiger partial charge in [0.1, 0.15) is 0 Å². The van der Waals surface area contributed by atoms with Gasteiger partial charge in [-0.2, -0.15) is 0 Å². The van der Waals surface area contributed by atoms with Crippen molar-refractivity contribution in [1.82, 2.24) is 10.6 Å². The zero-order valence-corrected chi connectivity index (χ0v) is 13.6. The molecule has 122 valence electrons. The Morgan fingerprint density at radius 3 is 2.41 bits per heavy atom. The molecule has 1 aromatic rings. The number of urea groups is 1. The summed E-state index contributed by atoms with van der Waals surface area (Å²) in [4.78, 5) is 12.0. The van der Waals surface area contributed by atoms with Crippen LogP contribution in [0.15, 0.2) is 30.3 Å². The van der Waals surface area contributed by atoms with Crippen LogP contribution in [-0.2, 0) is 0 Å². The second kappa shape index (κ2) is 8.18. The number of aliphatic hydroxyl groups excluding tert-OH is 1. The van der Waals surface area contributed by atoms with Crippen molar-refractivity contribution in [3.8, 4) is 0 Å². The molecule has 2 amide bonds. The van der Waals surface area contributed by atoms with Crippen LogP contribution in [0.25, 0.3) is 0 Å². The summed E-state index contributed by atoms with van der Waals surface area (Å²) >= 11 is 0. The first-order valence-electron chi connectivity index (χ1n) is 8.33. The SMILES string of the molecule is CC(CO)C(C)NC(=O)NC1CCC(c2ccccc2)CC1. The Hall–Kier alpha value is -1.55. The van der Waals surface area contributed by atoms with Gasteiger partial charge < -0.3 is 15.7 Å². The molecule has 0 radical (unpaired) electrons. The first-order chi connectivity index (χ1) is 10.6. The minimum Gasteiger partial charge on any atom is -0.396 e. The number of nitrogens with one attached hydrogen (secondary N) is 2. The van der Waals surface area contributed by atoms with Crippen LogP contribution in [0, 0.1) is 5.92 Å². The molecule has 4 heteroatoms. The quantitative estimate of drug-likeness (QED) is 0.783. The van der Waals surface area contributed by atoms with Gasteiger partial charge in [-0.15, -0.1) is 0 Å². The van der Waals surface area contributed by atoms with Gasteiger partial charge in [-0.1, -0.05) is 37.3 Å². The fourth-order valence-electron chi connectivity index (χ4n) is 3.03. The second-order valence-corrected chi connectivity index (χ2v) is 6.53. The fraction of sp³-hybridized carbons (Fsp3) is 0.611. The van der Waals surface area contributed by atoms with Crippen molar-refractivity contribution >= 4 is 6.03 Å². The molecule has 1 fully saturated rings. The van der Waals surface area contributed by atoms with Crippen molar-refractivity contribution < 1.29 is 9.90 Å². The molecule has 4 nitrogen and oxygen atoms in total. The van der Waals surface area contributed by atoms with Crippen molar-refractivity contribution in [2.75, 3.05) is 6.61 Å². The van der Waals surface area contributed by atoms with E-state index in [0.717, 1.165) is 25.7 Å². The van der Waals surface area contributed by atoms with E-state index in [1.165, 1.54) is 5.56 Å². The molecule has 2 atom stereocenters. The van der Waals surface area contributed by atoms with Crippen molar-refractivity contribution in [3.05, 3.63) is 35.9 Å². The summed E-state index contributed by atoms with van der Waals surface area (Å²) in [5.41, 5.74) is 1.41. The molecule has 22 heavy (non-hydrogen) atoms. The van der Waals surface area contributed by atoms with Crippen molar-refractivity contribution in [1.29, 1.82) is 0 Å². The summed E-state index contributed by atoms with van der Waals surface area (Å²) in [7, 11) is 0. The summed E-state index contributed by atoms with van der Waals surface area (Å²) in [5.74, 6) is 0.690. The molecule has 0 saturated heterocycles. The lowest BCUT2D eigenvalue weighted by molar-refractivity contribution is 0.197. The van der Waals surface area contributed by atoms with Crippen LogP contribution >= 0.6 is 0 Å². The first-order valence-corrected chi connectivity index (χ1v) is 8.33. The summed E-state index contributed by atoms with van der Waals surface area (Å²) in [6, 6.07) is 10.8. The Bertz CT molecular complexity index is 455. The van der Waals surface area contributed by atoms with Gasteiger partial charge in [-0.05, 0) is 50.0 Å². The Balaban J connectivity index is 1.74. The maximum Gasteiger partial charge on any atom is 0.315 e. The van der Waals surface area contributed by atoms with E-state index in [4.69, 9.17) is 5.11 Å². The zero-order chi connectivity index (χ0) is 15.9. The van der Waals surface area contributed by atoms with Crippen LogP contribution in [0.3, 0.4) is 0 Å². The maximum atomic E-state index is 12.0. The van der Waals surface area contributed by atoms with Gasteiger partial charge in [0.15, 0.2) is 0 Å². The highest BCUT2D eigenvalue weighted by Gasteiger charge is 2.24. The highest BCUT2D eigenvalue weighted by atomic mass is 16.3. The number of carbonyl (C=O) groups excluding carboxylic acids is 1. The topological polar surface area (TPSA) is 61.4 Å². The van der Waals surface area contributed by atoms with Gasteiger partial charge in [0, 0.05) is 18.7 Å². The van der Waals surface area contributed by atoms with Gasteiger partial charge in [-0.25, -0.2) is 4.79 Å². The molecule has 0 bridgehead atoms. The lowest BCUT2D eigenvalue weighted by atomic mass is 9.82. The molecule has 1 aliphatic rings. The standard InChI is InChI=1S/C18H28N2O2/c1-13(12-21)14(2)19-18(22)20-17-10-8-16(9-11-17)15-6-4-3-5-7-15/h3-7,13-14,16-17,21H,8-12H2,1-2H3,(H2,19,20,22). The average Bonchev–Trinajstić information content (AvgIpc) is 2.55. The molecule has 1 aromatic carbocycles. The minimum absolute atomic E-state index is 0.0225.